The minimum Gasteiger partial charge on any atom is -0.325 e. The molecular weight excluding hydrogens is 350 g/mol. The van der Waals surface area contributed by atoms with Gasteiger partial charge < -0.3 is 10.2 Å². The number of amides is 2. The predicted octanol–water partition coefficient (Wildman–Crippen LogP) is 3.66. The number of carbonyl (C=O) groups is 2. The van der Waals surface area contributed by atoms with Gasteiger partial charge in [-0.15, -0.1) is 0 Å². The zero-order chi connectivity index (χ0) is 18.5. The first-order valence-electron chi connectivity index (χ1n) is 9.28. The van der Waals surface area contributed by atoms with Gasteiger partial charge in [0.25, 0.3) is 0 Å². The molecule has 0 aromatic heterocycles. The molecule has 6 heteroatoms. The second-order valence-electron chi connectivity index (χ2n) is 7.16. The SMILES string of the molecule is CN(CC(=O)Nc1ccc(Cl)cc1)CC(=O)N(C1=CCCCC1)C1CC1. The summed E-state index contributed by atoms with van der Waals surface area (Å²) in [6, 6.07) is 7.35. The highest BCUT2D eigenvalue weighted by Crippen LogP contribution is 2.33. The molecule has 140 valence electrons. The fraction of sp³-hybridized carbons (Fsp3) is 0.500. The molecule has 3 rings (SSSR count). The lowest BCUT2D eigenvalue weighted by Crippen LogP contribution is -2.42. The van der Waals surface area contributed by atoms with E-state index in [-0.39, 0.29) is 24.9 Å². The van der Waals surface area contributed by atoms with Crippen molar-refractivity contribution in [1.29, 1.82) is 0 Å². The Bertz CT molecular complexity index is 683. The van der Waals surface area contributed by atoms with Crippen LogP contribution in [0.15, 0.2) is 36.0 Å². The third-order valence-corrected chi connectivity index (χ3v) is 4.96. The number of hydrogen-bond acceptors (Lipinski definition) is 3. The molecule has 2 amide bonds. The number of hydrogen-bond donors (Lipinski definition) is 1. The number of benzene rings is 1. The largest absolute Gasteiger partial charge is 0.325 e. The van der Waals surface area contributed by atoms with Crippen LogP contribution in [-0.4, -0.2) is 47.8 Å². The summed E-state index contributed by atoms with van der Waals surface area (Å²) in [5, 5.41) is 3.45. The van der Waals surface area contributed by atoms with Crippen molar-refractivity contribution in [2.45, 2.75) is 44.6 Å². The Labute approximate surface area is 160 Å². The van der Waals surface area contributed by atoms with Crippen LogP contribution in [0.3, 0.4) is 0 Å². The Hall–Kier alpha value is -1.85. The molecule has 0 saturated heterocycles. The number of rotatable bonds is 7. The molecular formula is C20H26ClN3O2. The number of anilines is 1. The molecule has 1 fully saturated rings. The molecule has 0 atom stereocenters. The molecule has 0 bridgehead atoms. The summed E-state index contributed by atoms with van der Waals surface area (Å²) >= 11 is 5.85. The quantitative estimate of drug-likeness (QED) is 0.791. The predicted molar refractivity (Wildman–Crippen MR) is 104 cm³/mol. The van der Waals surface area contributed by atoms with Gasteiger partial charge in [0.1, 0.15) is 0 Å². The summed E-state index contributed by atoms with van der Waals surface area (Å²) in [5.41, 5.74) is 1.88. The Kier molecular flexibility index (Phi) is 6.33. The number of carbonyl (C=O) groups excluding carboxylic acids is 2. The van der Waals surface area contributed by atoms with Crippen LogP contribution in [0.4, 0.5) is 5.69 Å². The van der Waals surface area contributed by atoms with Gasteiger partial charge in [-0.1, -0.05) is 17.7 Å². The zero-order valence-corrected chi connectivity index (χ0v) is 16.0. The smallest absolute Gasteiger partial charge is 0.241 e. The van der Waals surface area contributed by atoms with E-state index in [0.29, 0.717) is 16.8 Å². The van der Waals surface area contributed by atoms with Gasteiger partial charge in [-0.2, -0.15) is 0 Å². The third kappa shape index (κ3) is 5.32. The molecule has 1 aromatic rings. The first-order valence-corrected chi connectivity index (χ1v) is 9.66. The van der Waals surface area contributed by atoms with Crippen molar-refractivity contribution in [2.24, 2.45) is 0 Å². The van der Waals surface area contributed by atoms with E-state index in [0.717, 1.165) is 32.1 Å². The topological polar surface area (TPSA) is 52.7 Å². The van der Waals surface area contributed by atoms with Gasteiger partial charge in [0.05, 0.1) is 13.1 Å². The summed E-state index contributed by atoms with van der Waals surface area (Å²) in [7, 11) is 1.81. The molecule has 1 aromatic carbocycles. The van der Waals surface area contributed by atoms with E-state index < -0.39 is 0 Å². The van der Waals surface area contributed by atoms with Crippen LogP contribution in [-0.2, 0) is 9.59 Å². The second-order valence-corrected chi connectivity index (χ2v) is 7.60. The van der Waals surface area contributed by atoms with Crippen molar-refractivity contribution < 1.29 is 9.59 Å². The molecule has 2 aliphatic rings. The Morgan fingerprint density at radius 2 is 1.88 bits per heavy atom. The number of allylic oxidation sites excluding steroid dienone is 2. The lowest BCUT2D eigenvalue weighted by atomic mass is 10.0. The first kappa shape index (κ1) is 18.9. The molecule has 5 nitrogen and oxygen atoms in total. The molecule has 26 heavy (non-hydrogen) atoms. The van der Waals surface area contributed by atoms with Crippen LogP contribution in [0.5, 0.6) is 0 Å². The lowest BCUT2D eigenvalue weighted by molar-refractivity contribution is -0.131. The monoisotopic (exact) mass is 375 g/mol. The van der Waals surface area contributed by atoms with E-state index >= 15 is 0 Å². The third-order valence-electron chi connectivity index (χ3n) is 4.70. The maximum absolute atomic E-state index is 12.8. The van der Waals surface area contributed by atoms with Gasteiger partial charge in [-0.25, -0.2) is 0 Å². The maximum Gasteiger partial charge on any atom is 0.241 e. The van der Waals surface area contributed by atoms with E-state index in [4.69, 9.17) is 11.6 Å². The van der Waals surface area contributed by atoms with E-state index in [2.05, 4.69) is 11.4 Å². The van der Waals surface area contributed by atoms with Crippen molar-refractivity contribution in [3.63, 3.8) is 0 Å². The van der Waals surface area contributed by atoms with E-state index in [1.165, 1.54) is 12.1 Å². The summed E-state index contributed by atoms with van der Waals surface area (Å²) in [4.78, 5) is 28.8. The van der Waals surface area contributed by atoms with Crippen molar-refractivity contribution in [3.8, 4) is 0 Å². The molecule has 0 radical (unpaired) electrons. The van der Waals surface area contributed by atoms with Gasteiger partial charge in [-0.05, 0) is 69.8 Å². The number of halogens is 1. The fourth-order valence-corrected chi connectivity index (χ4v) is 3.44. The first-order chi connectivity index (χ1) is 12.5. The number of nitrogens with one attached hydrogen (secondary N) is 1. The van der Waals surface area contributed by atoms with Gasteiger partial charge in [-0.3, -0.25) is 14.5 Å². The minimum atomic E-state index is -0.141. The van der Waals surface area contributed by atoms with Gasteiger partial charge in [0.15, 0.2) is 0 Å². The molecule has 0 heterocycles. The molecule has 1 N–H and O–H groups in total. The van der Waals surface area contributed by atoms with Crippen LogP contribution in [0, 0.1) is 0 Å². The lowest BCUT2D eigenvalue weighted by Gasteiger charge is -2.29. The minimum absolute atomic E-state index is 0.0995. The van der Waals surface area contributed by atoms with Crippen LogP contribution in [0.1, 0.15) is 38.5 Å². The summed E-state index contributed by atoms with van der Waals surface area (Å²) < 4.78 is 0. The number of nitrogens with zero attached hydrogens (tertiary/aromatic N) is 2. The van der Waals surface area contributed by atoms with Crippen molar-refractivity contribution in [2.75, 3.05) is 25.5 Å². The van der Waals surface area contributed by atoms with Gasteiger partial charge in [0.2, 0.25) is 11.8 Å². The Morgan fingerprint density at radius 3 is 2.50 bits per heavy atom. The zero-order valence-electron chi connectivity index (χ0n) is 15.2. The van der Waals surface area contributed by atoms with Crippen LogP contribution >= 0.6 is 11.6 Å². The normalized spacial score (nSPS) is 17.0. The standard InChI is InChI=1S/C20H26ClN3O2/c1-23(13-19(25)22-16-9-7-15(21)8-10-16)14-20(26)24(18-11-12-18)17-5-3-2-4-6-17/h5,7-10,18H,2-4,6,11-14H2,1H3,(H,22,25). The van der Waals surface area contributed by atoms with Crippen LogP contribution in [0.25, 0.3) is 0 Å². The van der Waals surface area contributed by atoms with E-state index in [1.54, 1.807) is 36.2 Å². The van der Waals surface area contributed by atoms with Crippen molar-refractivity contribution >= 4 is 29.1 Å². The summed E-state index contributed by atoms with van der Waals surface area (Å²) in [5.74, 6) is -0.0417. The van der Waals surface area contributed by atoms with Crippen LogP contribution in [0.2, 0.25) is 5.02 Å². The molecule has 0 aliphatic heterocycles. The molecule has 2 aliphatic carbocycles. The van der Waals surface area contributed by atoms with E-state index in [9.17, 15) is 9.59 Å². The van der Waals surface area contributed by atoms with Crippen molar-refractivity contribution in [3.05, 3.63) is 41.1 Å². The van der Waals surface area contributed by atoms with Crippen molar-refractivity contribution in [1.82, 2.24) is 9.80 Å². The highest BCUT2D eigenvalue weighted by atomic mass is 35.5. The maximum atomic E-state index is 12.8. The second kappa shape index (κ2) is 8.69. The summed E-state index contributed by atoms with van der Waals surface area (Å²) in [6.45, 7) is 0.424. The van der Waals surface area contributed by atoms with Gasteiger partial charge >= 0.3 is 0 Å². The highest BCUT2D eigenvalue weighted by molar-refractivity contribution is 6.30. The Balaban J connectivity index is 1.52. The fourth-order valence-electron chi connectivity index (χ4n) is 3.31. The Morgan fingerprint density at radius 1 is 1.15 bits per heavy atom. The molecule has 0 spiro atoms. The highest BCUT2D eigenvalue weighted by Gasteiger charge is 2.35. The van der Waals surface area contributed by atoms with Crippen LogP contribution < -0.4 is 5.32 Å². The average molecular weight is 376 g/mol. The van der Waals surface area contributed by atoms with E-state index in [1.807, 2.05) is 4.90 Å². The molecule has 1 saturated carbocycles. The average Bonchev–Trinajstić information content (AvgIpc) is 3.42. The van der Waals surface area contributed by atoms with Gasteiger partial charge in [0, 0.05) is 22.4 Å². The summed E-state index contributed by atoms with van der Waals surface area (Å²) in [6.07, 6.45) is 8.80. The molecule has 0 unspecified atom stereocenters. The number of likely N-dealkylation sites (N-methyl/N-ethyl adjacent to an activating group) is 1.